The lowest BCUT2D eigenvalue weighted by atomic mass is 10.1. The van der Waals surface area contributed by atoms with Gasteiger partial charge >= 0.3 is 0 Å². The second kappa shape index (κ2) is 4.29. The number of rotatable bonds is 3. The lowest BCUT2D eigenvalue weighted by Gasteiger charge is -1.93. The summed E-state index contributed by atoms with van der Waals surface area (Å²) in [4.78, 5) is 10.00. The van der Waals surface area contributed by atoms with E-state index < -0.39 is 0 Å². The van der Waals surface area contributed by atoms with Gasteiger partial charge in [0.15, 0.2) is 0 Å². The molecule has 12 heavy (non-hydrogen) atoms. The molecular weight excluding hydrogens is 148 g/mol. The summed E-state index contributed by atoms with van der Waals surface area (Å²) in [6.07, 6.45) is 5.79. The zero-order chi connectivity index (χ0) is 8.81. The average molecular weight is 158 g/mol. The van der Waals surface area contributed by atoms with Gasteiger partial charge in [0.25, 0.3) is 0 Å². The summed E-state index contributed by atoms with van der Waals surface area (Å²) >= 11 is 0. The molecule has 1 nitrogen and oxygen atoms in total. The van der Waals surface area contributed by atoms with Crippen molar-refractivity contribution in [3.8, 4) is 0 Å². The van der Waals surface area contributed by atoms with Crippen LogP contribution in [0.3, 0.4) is 0 Å². The number of hydrogen-bond donors (Lipinski definition) is 0. The molecule has 0 unspecified atom stereocenters. The number of carbonyl (C=O) groups excluding carboxylic acids is 1. The van der Waals surface area contributed by atoms with Gasteiger partial charge in [0.1, 0.15) is 6.29 Å². The van der Waals surface area contributed by atoms with E-state index in [9.17, 15) is 4.79 Å². The average Bonchev–Trinajstić information content (AvgIpc) is 2.15. The monoisotopic (exact) mass is 158 g/mol. The number of hydrogen-bond acceptors (Lipinski definition) is 1. The van der Waals surface area contributed by atoms with Crippen LogP contribution in [0.4, 0.5) is 0 Å². The summed E-state index contributed by atoms with van der Waals surface area (Å²) in [5.74, 6) is 0. The first-order valence-electron chi connectivity index (χ1n) is 3.71. The molecule has 0 radical (unpaired) electrons. The van der Waals surface area contributed by atoms with Gasteiger partial charge in [-0.3, -0.25) is 4.79 Å². The second-order valence-electron chi connectivity index (χ2n) is 2.37. The maximum atomic E-state index is 10.00. The quantitative estimate of drug-likeness (QED) is 0.488. The molecule has 0 amide bonds. The minimum absolute atomic E-state index is 0.765. The maximum absolute atomic E-state index is 10.00. The molecule has 1 heteroatoms. The molecule has 0 aliphatic heterocycles. The summed E-state index contributed by atoms with van der Waals surface area (Å²) in [6.45, 7) is 3.65. The highest BCUT2D eigenvalue weighted by Crippen LogP contribution is 2.06. The van der Waals surface area contributed by atoms with Crippen molar-refractivity contribution in [3.05, 3.63) is 48.0 Å². The Morgan fingerprint density at radius 3 is 2.17 bits per heavy atom. The van der Waals surface area contributed by atoms with Crippen LogP contribution in [0, 0.1) is 0 Å². The third-order valence-corrected chi connectivity index (χ3v) is 1.54. The van der Waals surface area contributed by atoms with Crippen LogP contribution in [-0.2, 0) is 4.79 Å². The van der Waals surface area contributed by atoms with Gasteiger partial charge in [0.2, 0.25) is 0 Å². The molecule has 1 aromatic rings. The summed E-state index contributed by atoms with van der Waals surface area (Å²) < 4.78 is 0. The Hall–Kier alpha value is -1.63. The normalized spacial score (nSPS) is 10.0. The molecular formula is C11H10O. The second-order valence-corrected chi connectivity index (χ2v) is 2.37. The molecule has 0 fully saturated rings. The summed E-state index contributed by atoms with van der Waals surface area (Å²) in [5.41, 5.74) is 2.10. The Morgan fingerprint density at radius 1 is 1.08 bits per heavy atom. The van der Waals surface area contributed by atoms with Crippen molar-refractivity contribution in [1.29, 1.82) is 0 Å². The zero-order valence-electron chi connectivity index (χ0n) is 6.73. The van der Waals surface area contributed by atoms with E-state index in [-0.39, 0.29) is 0 Å². The van der Waals surface area contributed by atoms with Gasteiger partial charge in [0.05, 0.1) is 0 Å². The van der Waals surface area contributed by atoms with E-state index in [0.717, 1.165) is 17.4 Å². The van der Waals surface area contributed by atoms with Gasteiger partial charge in [0, 0.05) is 0 Å². The molecule has 0 bridgehead atoms. The predicted molar refractivity (Wildman–Crippen MR) is 51.6 cm³/mol. The third-order valence-electron chi connectivity index (χ3n) is 1.54. The smallest absolute Gasteiger partial charge is 0.142 e. The van der Waals surface area contributed by atoms with Crippen LogP contribution in [0.1, 0.15) is 11.1 Å². The summed E-state index contributed by atoms with van der Waals surface area (Å²) in [6, 6.07) is 7.79. The van der Waals surface area contributed by atoms with Crippen LogP contribution in [0.2, 0.25) is 0 Å². The minimum Gasteiger partial charge on any atom is -0.299 e. The van der Waals surface area contributed by atoms with Crippen LogP contribution < -0.4 is 0 Å². The van der Waals surface area contributed by atoms with Crippen molar-refractivity contribution in [2.75, 3.05) is 0 Å². The predicted octanol–water partition coefficient (Wildman–Crippen LogP) is 2.54. The van der Waals surface area contributed by atoms with Gasteiger partial charge in [-0.05, 0) is 17.2 Å². The van der Waals surface area contributed by atoms with Crippen molar-refractivity contribution in [2.24, 2.45) is 0 Å². The van der Waals surface area contributed by atoms with Crippen molar-refractivity contribution in [2.45, 2.75) is 0 Å². The van der Waals surface area contributed by atoms with Crippen molar-refractivity contribution < 1.29 is 4.79 Å². The van der Waals surface area contributed by atoms with E-state index in [4.69, 9.17) is 0 Å². The molecule has 0 saturated carbocycles. The van der Waals surface area contributed by atoms with Crippen molar-refractivity contribution in [1.82, 2.24) is 0 Å². The molecule has 1 rings (SSSR count). The summed E-state index contributed by atoms with van der Waals surface area (Å²) in [5, 5.41) is 0. The molecule has 0 atom stereocenters. The largest absolute Gasteiger partial charge is 0.299 e. The van der Waals surface area contributed by atoms with Crippen LogP contribution >= 0.6 is 0 Å². The van der Waals surface area contributed by atoms with Crippen LogP contribution in [0.5, 0.6) is 0 Å². The SMILES string of the molecule is C=Cc1ccc(/C=C/C=O)cc1. The Balaban J connectivity index is 2.84. The first-order chi connectivity index (χ1) is 5.86. The highest BCUT2D eigenvalue weighted by molar-refractivity contribution is 5.73. The fraction of sp³-hybridized carbons (Fsp3) is 0. The molecule has 1 aromatic carbocycles. The van der Waals surface area contributed by atoms with Gasteiger partial charge in [-0.1, -0.05) is 43.0 Å². The first-order valence-corrected chi connectivity index (χ1v) is 3.71. The zero-order valence-corrected chi connectivity index (χ0v) is 6.73. The fourth-order valence-electron chi connectivity index (χ4n) is 0.894. The standard InChI is InChI=1S/C11H10O/c1-2-10-5-7-11(8-6-10)4-3-9-12/h2-9H,1H2/b4-3+. The number of benzene rings is 1. The Bertz CT molecular complexity index is 293. The molecule has 0 N–H and O–H groups in total. The lowest BCUT2D eigenvalue weighted by molar-refractivity contribution is -0.104. The molecule has 0 aliphatic carbocycles. The minimum atomic E-state index is 0.765. The van der Waals surface area contributed by atoms with E-state index in [1.165, 1.54) is 6.08 Å². The van der Waals surface area contributed by atoms with Gasteiger partial charge in [-0.2, -0.15) is 0 Å². The molecule has 0 aliphatic rings. The summed E-state index contributed by atoms with van der Waals surface area (Å²) in [7, 11) is 0. The molecule has 0 aromatic heterocycles. The van der Waals surface area contributed by atoms with Gasteiger partial charge in [-0.15, -0.1) is 0 Å². The maximum Gasteiger partial charge on any atom is 0.142 e. The number of allylic oxidation sites excluding steroid dienone is 1. The van der Waals surface area contributed by atoms with E-state index in [1.54, 1.807) is 12.2 Å². The van der Waals surface area contributed by atoms with Gasteiger partial charge in [-0.25, -0.2) is 0 Å². The molecule has 60 valence electrons. The third kappa shape index (κ3) is 2.20. The Kier molecular flexibility index (Phi) is 3.03. The van der Waals surface area contributed by atoms with E-state index >= 15 is 0 Å². The Labute approximate surface area is 72.0 Å². The van der Waals surface area contributed by atoms with E-state index in [2.05, 4.69) is 6.58 Å². The van der Waals surface area contributed by atoms with Crippen molar-refractivity contribution in [3.63, 3.8) is 0 Å². The molecule has 0 heterocycles. The van der Waals surface area contributed by atoms with Crippen LogP contribution in [0.15, 0.2) is 36.9 Å². The lowest BCUT2D eigenvalue weighted by Crippen LogP contribution is -1.73. The molecule has 0 saturated heterocycles. The highest BCUT2D eigenvalue weighted by Gasteiger charge is 1.85. The Morgan fingerprint density at radius 2 is 1.67 bits per heavy atom. The number of carbonyl (C=O) groups is 1. The van der Waals surface area contributed by atoms with E-state index in [1.807, 2.05) is 24.3 Å². The van der Waals surface area contributed by atoms with E-state index in [0.29, 0.717) is 0 Å². The highest BCUT2D eigenvalue weighted by atomic mass is 16.1. The van der Waals surface area contributed by atoms with Crippen LogP contribution in [0.25, 0.3) is 12.2 Å². The molecule has 0 spiro atoms. The topological polar surface area (TPSA) is 17.1 Å². The van der Waals surface area contributed by atoms with Crippen molar-refractivity contribution >= 4 is 18.4 Å². The first kappa shape index (κ1) is 8.47. The van der Waals surface area contributed by atoms with Gasteiger partial charge < -0.3 is 0 Å². The fourth-order valence-corrected chi connectivity index (χ4v) is 0.894. The number of aldehydes is 1. The van der Waals surface area contributed by atoms with Crippen LogP contribution in [-0.4, -0.2) is 6.29 Å².